The third-order valence-electron chi connectivity index (χ3n) is 2.65. The van der Waals surface area contributed by atoms with Crippen LogP contribution in [0.15, 0.2) is 0 Å². The molecular formula is C16H34N2O5. The Bertz CT molecular complexity index is 295. The summed E-state index contributed by atoms with van der Waals surface area (Å²) in [6.07, 6.45) is 0.634. The zero-order valence-electron chi connectivity index (χ0n) is 15.1. The molecule has 23 heavy (non-hydrogen) atoms. The van der Waals surface area contributed by atoms with Crippen LogP contribution in [0.5, 0.6) is 0 Å². The fourth-order valence-electron chi connectivity index (χ4n) is 1.62. The lowest BCUT2D eigenvalue weighted by Crippen LogP contribution is -2.40. The summed E-state index contributed by atoms with van der Waals surface area (Å²) < 4.78 is 21.5. The van der Waals surface area contributed by atoms with Gasteiger partial charge < -0.3 is 29.6 Å². The van der Waals surface area contributed by atoms with Gasteiger partial charge in [0.05, 0.1) is 33.0 Å². The van der Waals surface area contributed by atoms with E-state index >= 15 is 0 Å². The van der Waals surface area contributed by atoms with E-state index in [1.54, 1.807) is 4.90 Å². The molecule has 0 saturated heterocycles. The maximum atomic E-state index is 12.2. The maximum absolute atomic E-state index is 12.2. The molecule has 0 aromatic heterocycles. The number of hydrogen-bond acceptors (Lipinski definition) is 6. The van der Waals surface area contributed by atoms with E-state index in [0.29, 0.717) is 52.7 Å². The highest BCUT2D eigenvalue weighted by molar-refractivity contribution is 5.68. The van der Waals surface area contributed by atoms with Gasteiger partial charge in [0.25, 0.3) is 0 Å². The van der Waals surface area contributed by atoms with Gasteiger partial charge in [-0.05, 0) is 27.2 Å². The van der Waals surface area contributed by atoms with Gasteiger partial charge in [-0.15, -0.1) is 0 Å². The summed E-state index contributed by atoms with van der Waals surface area (Å²) in [5.41, 5.74) is 4.85. The summed E-state index contributed by atoms with van der Waals surface area (Å²) in [4.78, 5) is 13.8. The van der Waals surface area contributed by atoms with Gasteiger partial charge in [-0.1, -0.05) is 6.92 Å². The van der Waals surface area contributed by atoms with Crippen molar-refractivity contribution in [2.75, 3.05) is 59.3 Å². The van der Waals surface area contributed by atoms with Gasteiger partial charge in [0.15, 0.2) is 0 Å². The third kappa shape index (κ3) is 14.4. The maximum Gasteiger partial charge on any atom is 0.410 e. The number of carbonyl (C=O) groups is 1. The zero-order valence-corrected chi connectivity index (χ0v) is 15.1. The van der Waals surface area contributed by atoms with Crippen LogP contribution < -0.4 is 5.73 Å². The van der Waals surface area contributed by atoms with Gasteiger partial charge in [0.1, 0.15) is 5.60 Å². The first kappa shape index (κ1) is 22.1. The molecule has 0 unspecified atom stereocenters. The second-order valence-electron chi connectivity index (χ2n) is 6.09. The minimum Gasteiger partial charge on any atom is -0.444 e. The highest BCUT2D eigenvalue weighted by Crippen LogP contribution is 2.09. The largest absolute Gasteiger partial charge is 0.444 e. The van der Waals surface area contributed by atoms with E-state index in [1.165, 1.54) is 0 Å². The first-order valence-corrected chi connectivity index (χ1v) is 8.32. The van der Waals surface area contributed by atoms with Crippen molar-refractivity contribution in [2.24, 2.45) is 5.73 Å². The van der Waals surface area contributed by atoms with Gasteiger partial charge >= 0.3 is 6.09 Å². The lowest BCUT2D eigenvalue weighted by molar-refractivity contribution is 0.00440. The average molecular weight is 334 g/mol. The van der Waals surface area contributed by atoms with Gasteiger partial charge in [-0.3, -0.25) is 0 Å². The predicted molar refractivity (Wildman–Crippen MR) is 89.6 cm³/mol. The minimum absolute atomic E-state index is 0.361. The van der Waals surface area contributed by atoms with E-state index in [2.05, 4.69) is 6.92 Å². The fourth-order valence-corrected chi connectivity index (χ4v) is 1.62. The zero-order chi connectivity index (χ0) is 17.6. The molecule has 2 N–H and O–H groups in total. The molecule has 0 aromatic carbocycles. The van der Waals surface area contributed by atoms with E-state index in [0.717, 1.165) is 13.0 Å². The average Bonchev–Trinajstić information content (AvgIpc) is 2.46. The molecule has 0 atom stereocenters. The fraction of sp³-hybridized carbons (Fsp3) is 0.938. The first-order valence-electron chi connectivity index (χ1n) is 8.32. The molecule has 0 aliphatic heterocycles. The predicted octanol–water partition coefficient (Wildman–Crippen LogP) is 1.64. The normalized spacial score (nSPS) is 11.5. The molecule has 7 nitrogen and oxygen atoms in total. The lowest BCUT2D eigenvalue weighted by atomic mass is 10.2. The molecule has 0 rings (SSSR count). The molecular weight excluding hydrogens is 300 g/mol. The standard InChI is InChI=1S/C16H34N2O5/c1-5-9-20-13-14-22-12-8-18(7-11-21-10-6-17)15(19)23-16(2,3)4/h5-14,17H2,1-4H3. The lowest BCUT2D eigenvalue weighted by Gasteiger charge is -2.27. The second-order valence-corrected chi connectivity index (χ2v) is 6.09. The number of nitrogens with two attached hydrogens (primary N) is 1. The summed E-state index contributed by atoms with van der Waals surface area (Å²) in [7, 11) is 0. The van der Waals surface area contributed by atoms with Crippen LogP contribution in [-0.2, 0) is 18.9 Å². The van der Waals surface area contributed by atoms with Gasteiger partial charge in [0.2, 0.25) is 0 Å². The summed E-state index contributed by atoms with van der Waals surface area (Å²) in [5, 5.41) is 0. The molecule has 0 aromatic rings. The van der Waals surface area contributed by atoms with Crippen LogP contribution in [0.25, 0.3) is 0 Å². The van der Waals surface area contributed by atoms with E-state index in [-0.39, 0.29) is 6.09 Å². The Morgan fingerprint density at radius 3 is 1.91 bits per heavy atom. The Balaban J connectivity index is 4.08. The molecule has 7 heteroatoms. The summed E-state index contributed by atoms with van der Waals surface area (Å²) in [5.74, 6) is 0. The number of nitrogens with zero attached hydrogens (tertiary/aromatic N) is 1. The molecule has 0 bridgehead atoms. The van der Waals surface area contributed by atoms with Crippen molar-refractivity contribution in [3.05, 3.63) is 0 Å². The van der Waals surface area contributed by atoms with Crippen LogP contribution in [0.3, 0.4) is 0 Å². The molecule has 1 amide bonds. The number of hydrogen-bond donors (Lipinski definition) is 1. The molecule has 0 radical (unpaired) electrons. The van der Waals surface area contributed by atoms with Gasteiger partial charge in [0, 0.05) is 26.2 Å². The summed E-state index contributed by atoms with van der Waals surface area (Å²) >= 11 is 0. The molecule has 0 aliphatic rings. The van der Waals surface area contributed by atoms with Crippen LogP contribution in [0.1, 0.15) is 34.1 Å². The number of ether oxygens (including phenoxy) is 4. The first-order chi connectivity index (χ1) is 10.9. The van der Waals surface area contributed by atoms with Crippen molar-refractivity contribution in [1.29, 1.82) is 0 Å². The molecule has 0 fully saturated rings. The van der Waals surface area contributed by atoms with E-state index in [4.69, 9.17) is 24.7 Å². The highest BCUT2D eigenvalue weighted by atomic mass is 16.6. The van der Waals surface area contributed by atoms with Crippen LogP contribution in [0.2, 0.25) is 0 Å². The Labute approximate surface area is 140 Å². The third-order valence-corrected chi connectivity index (χ3v) is 2.65. The smallest absolute Gasteiger partial charge is 0.410 e. The molecule has 0 aliphatic carbocycles. The van der Waals surface area contributed by atoms with Crippen molar-refractivity contribution in [3.8, 4) is 0 Å². The van der Waals surface area contributed by atoms with Crippen molar-refractivity contribution in [2.45, 2.75) is 39.7 Å². The van der Waals surface area contributed by atoms with Crippen LogP contribution in [-0.4, -0.2) is 75.9 Å². The molecule has 0 spiro atoms. The van der Waals surface area contributed by atoms with E-state index in [9.17, 15) is 4.79 Å². The highest BCUT2D eigenvalue weighted by Gasteiger charge is 2.21. The number of amides is 1. The summed E-state index contributed by atoms with van der Waals surface area (Å²) in [6, 6.07) is 0. The monoisotopic (exact) mass is 334 g/mol. The van der Waals surface area contributed by atoms with Crippen LogP contribution in [0, 0.1) is 0 Å². The number of carbonyl (C=O) groups excluding carboxylic acids is 1. The van der Waals surface area contributed by atoms with Gasteiger partial charge in [-0.2, -0.15) is 0 Å². The Hall–Kier alpha value is -0.890. The van der Waals surface area contributed by atoms with Crippen molar-refractivity contribution < 1.29 is 23.7 Å². The van der Waals surface area contributed by atoms with Crippen LogP contribution in [0.4, 0.5) is 4.79 Å². The van der Waals surface area contributed by atoms with Crippen molar-refractivity contribution in [3.63, 3.8) is 0 Å². The molecule has 138 valence electrons. The SMILES string of the molecule is CCCOCCOCCN(CCOCCN)C(=O)OC(C)(C)C. The quantitative estimate of drug-likeness (QED) is 0.516. The molecule has 0 saturated carbocycles. The Morgan fingerprint density at radius 1 is 0.913 bits per heavy atom. The second kappa shape index (κ2) is 13.5. The van der Waals surface area contributed by atoms with Gasteiger partial charge in [-0.25, -0.2) is 4.79 Å². The Kier molecular flexibility index (Phi) is 13.0. The van der Waals surface area contributed by atoms with E-state index < -0.39 is 5.60 Å². The minimum atomic E-state index is -0.525. The van der Waals surface area contributed by atoms with E-state index in [1.807, 2.05) is 20.8 Å². The number of rotatable bonds is 13. The Morgan fingerprint density at radius 2 is 1.43 bits per heavy atom. The van der Waals surface area contributed by atoms with Crippen LogP contribution >= 0.6 is 0 Å². The summed E-state index contributed by atoms with van der Waals surface area (Å²) in [6.45, 7) is 12.1. The topological polar surface area (TPSA) is 83.3 Å². The van der Waals surface area contributed by atoms with Crippen molar-refractivity contribution >= 4 is 6.09 Å². The van der Waals surface area contributed by atoms with Crippen molar-refractivity contribution in [1.82, 2.24) is 4.90 Å². The molecule has 0 heterocycles.